The number of nitrogens with two attached hydrogens (primary N) is 2. The van der Waals surface area contributed by atoms with Crippen LogP contribution in [0.25, 0.3) is 0 Å². The van der Waals surface area contributed by atoms with Gasteiger partial charge in [-0.15, -0.1) is 0 Å². The molecule has 6 N–H and O–H groups in total. The van der Waals surface area contributed by atoms with Crippen LogP contribution in [-0.2, 0) is 0 Å². The van der Waals surface area contributed by atoms with Gasteiger partial charge in [0.15, 0.2) is 0 Å². The van der Waals surface area contributed by atoms with Crippen molar-refractivity contribution in [1.29, 1.82) is 0 Å². The molecule has 5 unspecified atom stereocenters. The zero-order valence-electron chi connectivity index (χ0n) is 16.2. The van der Waals surface area contributed by atoms with Crippen molar-refractivity contribution in [3.63, 3.8) is 0 Å². The van der Waals surface area contributed by atoms with Crippen molar-refractivity contribution in [3.8, 4) is 0 Å². The summed E-state index contributed by atoms with van der Waals surface area (Å²) in [4.78, 5) is 0. The highest BCUT2D eigenvalue weighted by molar-refractivity contribution is 4.98. The Kier molecular flexibility index (Phi) is 5.52. The normalized spacial score (nSPS) is 42.8. The van der Waals surface area contributed by atoms with E-state index in [1.807, 2.05) is 0 Å². The van der Waals surface area contributed by atoms with Crippen LogP contribution < -0.4 is 22.3 Å². The van der Waals surface area contributed by atoms with Gasteiger partial charge in [0.1, 0.15) is 0 Å². The Balaban J connectivity index is 1.81. The Bertz CT molecular complexity index is 406. The molecule has 0 bridgehead atoms. The summed E-state index contributed by atoms with van der Waals surface area (Å²) in [7, 11) is 0. The lowest BCUT2D eigenvalue weighted by Crippen LogP contribution is -2.51. The maximum absolute atomic E-state index is 6.42. The van der Waals surface area contributed by atoms with Gasteiger partial charge in [0, 0.05) is 25.2 Å². The molecule has 0 aliphatic heterocycles. The van der Waals surface area contributed by atoms with E-state index in [1.165, 1.54) is 12.8 Å². The number of hydrogen-bond donors (Lipinski definition) is 4. The lowest BCUT2D eigenvalue weighted by Gasteiger charge is -2.46. The van der Waals surface area contributed by atoms with Crippen LogP contribution in [0.2, 0.25) is 0 Å². The number of rotatable bonds is 5. The predicted octanol–water partition coefficient (Wildman–Crippen LogP) is 2.63. The molecule has 4 heteroatoms. The molecule has 136 valence electrons. The molecule has 0 radical (unpaired) electrons. The maximum atomic E-state index is 6.42. The van der Waals surface area contributed by atoms with Gasteiger partial charge >= 0.3 is 0 Å². The smallest absolute Gasteiger partial charge is 0.0155 e. The summed E-state index contributed by atoms with van der Waals surface area (Å²) in [5.41, 5.74) is 20.6. The van der Waals surface area contributed by atoms with Gasteiger partial charge in [0.05, 0.1) is 0 Å². The molecule has 2 saturated carbocycles. The van der Waals surface area contributed by atoms with E-state index in [4.69, 9.17) is 11.5 Å². The highest BCUT2D eigenvalue weighted by Gasteiger charge is 2.44. The fraction of sp³-hybridized carbons (Fsp3) is 1.00. The van der Waals surface area contributed by atoms with Crippen molar-refractivity contribution in [2.75, 3.05) is 13.1 Å². The van der Waals surface area contributed by atoms with Crippen LogP contribution in [0.5, 0.6) is 0 Å². The summed E-state index contributed by atoms with van der Waals surface area (Å²) in [6, 6.07) is 0.630. The topological polar surface area (TPSA) is 76.1 Å². The second-order valence-corrected chi connectivity index (χ2v) is 10.4. The number of hydrazine groups is 1. The van der Waals surface area contributed by atoms with E-state index < -0.39 is 0 Å². The first kappa shape index (κ1) is 19.2. The van der Waals surface area contributed by atoms with Crippen LogP contribution in [-0.4, -0.2) is 25.2 Å². The number of nitrogens with one attached hydrogen (secondary N) is 2. The summed E-state index contributed by atoms with van der Waals surface area (Å²) in [6.45, 7) is 16.0. The van der Waals surface area contributed by atoms with Crippen molar-refractivity contribution in [1.82, 2.24) is 10.9 Å². The van der Waals surface area contributed by atoms with E-state index in [0.29, 0.717) is 34.7 Å². The maximum Gasteiger partial charge on any atom is 0.0155 e. The molecule has 0 aromatic heterocycles. The molecule has 0 amide bonds. The van der Waals surface area contributed by atoms with Gasteiger partial charge in [-0.25, -0.2) is 0 Å². The fourth-order valence-electron chi connectivity index (χ4n) is 5.75. The Morgan fingerprint density at radius 3 is 2.13 bits per heavy atom. The summed E-state index contributed by atoms with van der Waals surface area (Å²) >= 11 is 0. The van der Waals surface area contributed by atoms with E-state index in [2.05, 4.69) is 52.4 Å². The summed E-state index contributed by atoms with van der Waals surface area (Å²) in [6.07, 6.45) is 4.70. The molecule has 2 fully saturated rings. The largest absolute Gasteiger partial charge is 0.328 e. The zero-order valence-corrected chi connectivity index (χ0v) is 16.2. The second kappa shape index (κ2) is 6.62. The predicted molar refractivity (Wildman–Crippen MR) is 98.7 cm³/mol. The molecular weight excluding hydrogens is 284 g/mol. The molecule has 0 aromatic rings. The molecule has 2 rings (SSSR count). The third-order valence-electron chi connectivity index (χ3n) is 6.41. The molecular formula is C19H40N4. The standard InChI is InChI=1S/C19H40N4/c1-13-7-18(4,5)15(16(13)21)10-22-23-12-19(6)9-14(20)8-17(2,3)11-19/h13-16,22-23H,7-12,20-21H2,1-6H3. The fourth-order valence-corrected chi connectivity index (χ4v) is 5.75. The van der Waals surface area contributed by atoms with Crippen LogP contribution in [0.1, 0.15) is 67.2 Å². The minimum atomic E-state index is 0.273. The highest BCUT2D eigenvalue weighted by atomic mass is 15.4. The first-order valence-electron chi connectivity index (χ1n) is 9.41. The third-order valence-corrected chi connectivity index (χ3v) is 6.41. The van der Waals surface area contributed by atoms with Crippen LogP contribution >= 0.6 is 0 Å². The van der Waals surface area contributed by atoms with Crippen molar-refractivity contribution in [2.45, 2.75) is 79.3 Å². The van der Waals surface area contributed by atoms with E-state index in [-0.39, 0.29) is 5.41 Å². The average Bonchev–Trinajstić information content (AvgIpc) is 2.52. The second-order valence-electron chi connectivity index (χ2n) is 10.4. The molecule has 0 aromatic carbocycles. The van der Waals surface area contributed by atoms with Gasteiger partial charge in [-0.05, 0) is 53.8 Å². The molecule has 2 aliphatic rings. The molecule has 5 atom stereocenters. The highest BCUT2D eigenvalue weighted by Crippen LogP contribution is 2.46. The van der Waals surface area contributed by atoms with Crippen LogP contribution in [0.3, 0.4) is 0 Å². The monoisotopic (exact) mass is 324 g/mol. The first-order chi connectivity index (χ1) is 10.4. The van der Waals surface area contributed by atoms with E-state index >= 15 is 0 Å². The Morgan fingerprint density at radius 1 is 0.957 bits per heavy atom. The van der Waals surface area contributed by atoms with Gasteiger partial charge in [0.25, 0.3) is 0 Å². The van der Waals surface area contributed by atoms with Crippen molar-refractivity contribution in [3.05, 3.63) is 0 Å². The SMILES string of the molecule is CC1CC(C)(C)C(CNNCC2(C)CC(N)CC(C)(C)C2)C1N. The minimum absolute atomic E-state index is 0.273. The molecule has 23 heavy (non-hydrogen) atoms. The summed E-state index contributed by atoms with van der Waals surface area (Å²) in [5.74, 6) is 1.15. The average molecular weight is 325 g/mol. The van der Waals surface area contributed by atoms with E-state index in [1.54, 1.807) is 0 Å². The van der Waals surface area contributed by atoms with Gasteiger partial charge in [-0.2, -0.15) is 0 Å². The van der Waals surface area contributed by atoms with Gasteiger partial charge in [-0.1, -0.05) is 41.5 Å². The Hall–Kier alpha value is -0.160. The lowest BCUT2D eigenvalue weighted by atomic mass is 9.63. The molecule has 0 heterocycles. The third kappa shape index (κ3) is 4.68. The summed E-state index contributed by atoms with van der Waals surface area (Å²) in [5, 5.41) is 0. The quantitative estimate of drug-likeness (QED) is 0.463. The van der Waals surface area contributed by atoms with Gasteiger partial charge < -0.3 is 11.5 Å². The lowest BCUT2D eigenvalue weighted by molar-refractivity contribution is 0.0782. The van der Waals surface area contributed by atoms with Crippen molar-refractivity contribution >= 4 is 0 Å². The molecule has 4 nitrogen and oxygen atoms in total. The molecule has 0 saturated heterocycles. The molecule has 2 aliphatic carbocycles. The first-order valence-corrected chi connectivity index (χ1v) is 9.41. The Labute approximate surface area is 143 Å². The Morgan fingerprint density at radius 2 is 1.61 bits per heavy atom. The van der Waals surface area contributed by atoms with Crippen LogP contribution in [0, 0.1) is 28.1 Å². The minimum Gasteiger partial charge on any atom is -0.328 e. The van der Waals surface area contributed by atoms with Crippen LogP contribution in [0.4, 0.5) is 0 Å². The zero-order chi connectivity index (χ0) is 17.5. The van der Waals surface area contributed by atoms with Crippen molar-refractivity contribution in [2.24, 2.45) is 39.5 Å². The van der Waals surface area contributed by atoms with Crippen LogP contribution in [0.15, 0.2) is 0 Å². The van der Waals surface area contributed by atoms with Crippen molar-refractivity contribution < 1.29 is 0 Å². The van der Waals surface area contributed by atoms with Gasteiger partial charge in [0.2, 0.25) is 0 Å². The molecule has 0 spiro atoms. The van der Waals surface area contributed by atoms with E-state index in [0.717, 1.165) is 25.9 Å². The summed E-state index contributed by atoms with van der Waals surface area (Å²) < 4.78 is 0. The van der Waals surface area contributed by atoms with Gasteiger partial charge in [-0.3, -0.25) is 10.9 Å². The van der Waals surface area contributed by atoms with E-state index in [9.17, 15) is 0 Å². The number of hydrogen-bond acceptors (Lipinski definition) is 4.